The zero-order valence-electron chi connectivity index (χ0n) is 15.4. The van der Waals surface area contributed by atoms with Crippen LogP contribution in [0.3, 0.4) is 0 Å². The first-order chi connectivity index (χ1) is 12.0. The van der Waals surface area contributed by atoms with E-state index in [9.17, 15) is 5.11 Å². The molecule has 0 saturated carbocycles. The molecule has 134 valence electrons. The highest BCUT2D eigenvalue weighted by Crippen LogP contribution is 2.22. The van der Waals surface area contributed by atoms with Crippen LogP contribution < -0.4 is 0 Å². The van der Waals surface area contributed by atoms with Crippen molar-refractivity contribution >= 4 is 0 Å². The van der Waals surface area contributed by atoms with Crippen molar-refractivity contribution in [3.63, 3.8) is 0 Å². The third kappa shape index (κ3) is 5.67. The van der Waals surface area contributed by atoms with Gasteiger partial charge in [-0.1, -0.05) is 60.7 Å². The second-order valence-electron chi connectivity index (χ2n) is 7.87. The van der Waals surface area contributed by atoms with Gasteiger partial charge in [0.1, 0.15) is 0 Å². The summed E-state index contributed by atoms with van der Waals surface area (Å²) in [5.74, 6) is 0. The van der Waals surface area contributed by atoms with Crippen molar-refractivity contribution in [1.82, 2.24) is 9.80 Å². The number of rotatable bonds is 7. The zero-order chi connectivity index (χ0) is 17.7. The molecule has 0 aromatic heterocycles. The van der Waals surface area contributed by atoms with Crippen LogP contribution in [0.25, 0.3) is 0 Å². The van der Waals surface area contributed by atoms with E-state index in [2.05, 4.69) is 70.5 Å². The second kappa shape index (κ2) is 8.13. The number of hydrogen-bond acceptors (Lipinski definition) is 3. The lowest BCUT2D eigenvalue weighted by molar-refractivity contribution is 0.0407. The summed E-state index contributed by atoms with van der Waals surface area (Å²) in [5, 5.41) is 10.1. The molecule has 1 atom stereocenters. The van der Waals surface area contributed by atoms with Gasteiger partial charge in [-0.25, -0.2) is 0 Å². The van der Waals surface area contributed by atoms with Crippen molar-refractivity contribution in [2.45, 2.75) is 45.0 Å². The van der Waals surface area contributed by atoms with Crippen LogP contribution in [0.4, 0.5) is 0 Å². The minimum absolute atomic E-state index is 0.530. The van der Waals surface area contributed by atoms with Crippen LogP contribution in [-0.4, -0.2) is 46.2 Å². The van der Waals surface area contributed by atoms with Crippen LogP contribution in [0.1, 0.15) is 31.4 Å². The molecule has 25 heavy (non-hydrogen) atoms. The SMILES string of the molecule is CC(C)(O)CN1CC[C@@H](N(Cc2ccccc2)Cc2ccccc2)C1. The Kier molecular flexibility index (Phi) is 5.89. The first-order valence-electron chi connectivity index (χ1n) is 9.26. The van der Waals surface area contributed by atoms with Crippen LogP contribution in [0.2, 0.25) is 0 Å². The maximum Gasteiger partial charge on any atom is 0.0718 e. The summed E-state index contributed by atoms with van der Waals surface area (Å²) in [4.78, 5) is 4.99. The normalized spacial score (nSPS) is 18.8. The van der Waals surface area contributed by atoms with E-state index in [1.165, 1.54) is 11.1 Å². The fourth-order valence-electron chi connectivity index (χ4n) is 3.75. The van der Waals surface area contributed by atoms with E-state index in [1.54, 1.807) is 0 Å². The molecule has 0 spiro atoms. The first-order valence-corrected chi connectivity index (χ1v) is 9.26. The van der Waals surface area contributed by atoms with Gasteiger partial charge in [0.25, 0.3) is 0 Å². The molecule has 2 aromatic rings. The van der Waals surface area contributed by atoms with Gasteiger partial charge in [-0.2, -0.15) is 0 Å². The molecule has 3 rings (SSSR count). The highest BCUT2D eigenvalue weighted by molar-refractivity contribution is 5.17. The summed E-state index contributed by atoms with van der Waals surface area (Å²) in [6.45, 7) is 8.57. The molecule has 1 N–H and O–H groups in total. The highest BCUT2D eigenvalue weighted by atomic mass is 16.3. The van der Waals surface area contributed by atoms with E-state index >= 15 is 0 Å². The van der Waals surface area contributed by atoms with Crippen LogP contribution >= 0.6 is 0 Å². The van der Waals surface area contributed by atoms with Gasteiger partial charge in [-0.15, -0.1) is 0 Å². The van der Waals surface area contributed by atoms with E-state index in [0.717, 1.165) is 39.1 Å². The quantitative estimate of drug-likeness (QED) is 0.836. The minimum atomic E-state index is -0.626. The molecule has 0 radical (unpaired) electrons. The van der Waals surface area contributed by atoms with Gasteiger partial charge in [0.15, 0.2) is 0 Å². The summed E-state index contributed by atoms with van der Waals surface area (Å²) in [6.07, 6.45) is 1.16. The van der Waals surface area contributed by atoms with Crippen molar-refractivity contribution < 1.29 is 5.11 Å². The Balaban J connectivity index is 1.70. The second-order valence-corrected chi connectivity index (χ2v) is 7.87. The lowest BCUT2D eigenvalue weighted by atomic mass is 10.1. The molecular formula is C22H30N2O. The Hall–Kier alpha value is -1.68. The van der Waals surface area contributed by atoms with Gasteiger partial charge in [-0.3, -0.25) is 9.80 Å². The van der Waals surface area contributed by atoms with E-state index in [-0.39, 0.29) is 0 Å². The molecule has 3 nitrogen and oxygen atoms in total. The molecule has 0 unspecified atom stereocenters. The molecule has 1 heterocycles. The topological polar surface area (TPSA) is 26.7 Å². The lowest BCUT2D eigenvalue weighted by Crippen LogP contribution is -2.41. The van der Waals surface area contributed by atoms with E-state index in [1.807, 2.05) is 13.8 Å². The number of benzene rings is 2. The number of aliphatic hydroxyl groups is 1. The number of β-amino-alcohol motifs (C(OH)–C–C–N with tert-alkyl or cyclic N) is 1. The Labute approximate surface area is 151 Å². The standard InChI is InChI=1S/C22H30N2O/c1-22(2,25)18-23-14-13-21(17-23)24(15-19-9-5-3-6-10-19)16-20-11-7-4-8-12-20/h3-12,21,25H,13-18H2,1-2H3/t21-/m1/s1. The first kappa shape index (κ1) is 18.1. The van der Waals surface area contributed by atoms with Gasteiger partial charge in [-0.05, 0) is 37.9 Å². The molecule has 1 aliphatic heterocycles. The summed E-state index contributed by atoms with van der Waals surface area (Å²) >= 11 is 0. The fraction of sp³-hybridized carbons (Fsp3) is 0.455. The Morgan fingerprint density at radius 2 is 1.48 bits per heavy atom. The lowest BCUT2D eigenvalue weighted by Gasteiger charge is -2.30. The fourth-order valence-corrected chi connectivity index (χ4v) is 3.75. The maximum absolute atomic E-state index is 10.1. The van der Waals surface area contributed by atoms with E-state index < -0.39 is 5.60 Å². The summed E-state index contributed by atoms with van der Waals surface area (Å²) in [7, 11) is 0. The van der Waals surface area contributed by atoms with E-state index in [4.69, 9.17) is 0 Å². The van der Waals surface area contributed by atoms with Crippen LogP contribution in [0.5, 0.6) is 0 Å². The predicted octanol–water partition coefficient (Wildman–Crippen LogP) is 3.53. The highest BCUT2D eigenvalue weighted by Gasteiger charge is 2.30. The number of nitrogens with zero attached hydrogens (tertiary/aromatic N) is 2. The molecule has 3 heteroatoms. The van der Waals surface area contributed by atoms with Crippen molar-refractivity contribution in [3.8, 4) is 0 Å². The maximum atomic E-state index is 10.1. The van der Waals surface area contributed by atoms with Crippen molar-refractivity contribution in [1.29, 1.82) is 0 Å². The van der Waals surface area contributed by atoms with Crippen LogP contribution in [-0.2, 0) is 13.1 Å². The number of likely N-dealkylation sites (tertiary alicyclic amines) is 1. The molecule has 0 aliphatic carbocycles. The van der Waals surface area contributed by atoms with Crippen molar-refractivity contribution in [2.75, 3.05) is 19.6 Å². The smallest absolute Gasteiger partial charge is 0.0718 e. The molecule has 1 saturated heterocycles. The van der Waals surface area contributed by atoms with E-state index in [0.29, 0.717) is 6.04 Å². The monoisotopic (exact) mass is 338 g/mol. The van der Waals surface area contributed by atoms with Crippen molar-refractivity contribution in [2.24, 2.45) is 0 Å². The Morgan fingerprint density at radius 1 is 0.960 bits per heavy atom. The third-order valence-electron chi connectivity index (χ3n) is 4.83. The van der Waals surface area contributed by atoms with Gasteiger partial charge < -0.3 is 5.11 Å². The zero-order valence-corrected chi connectivity index (χ0v) is 15.4. The molecule has 0 bridgehead atoms. The van der Waals surface area contributed by atoms with Gasteiger partial charge in [0, 0.05) is 32.2 Å². The summed E-state index contributed by atoms with van der Waals surface area (Å²) in [6, 6.07) is 22.0. The van der Waals surface area contributed by atoms with Crippen LogP contribution in [0, 0.1) is 0 Å². The molecule has 1 aliphatic rings. The van der Waals surface area contributed by atoms with Gasteiger partial charge in [0.05, 0.1) is 5.60 Å². The van der Waals surface area contributed by atoms with Gasteiger partial charge >= 0.3 is 0 Å². The summed E-state index contributed by atoms with van der Waals surface area (Å²) in [5.41, 5.74) is 2.09. The molecule has 2 aromatic carbocycles. The minimum Gasteiger partial charge on any atom is -0.389 e. The summed E-state index contributed by atoms with van der Waals surface area (Å²) < 4.78 is 0. The number of hydrogen-bond donors (Lipinski definition) is 1. The Bertz CT molecular complexity index is 595. The third-order valence-corrected chi connectivity index (χ3v) is 4.83. The molecular weight excluding hydrogens is 308 g/mol. The molecule has 1 fully saturated rings. The van der Waals surface area contributed by atoms with Gasteiger partial charge in [0.2, 0.25) is 0 Å². The Morgan fingerprint density at radius 3 is 1.96 bits per heavy atom. The van der Waals surface area contributed by atoms with Crippen molar-refractivity contribution in [3.05, 3.63) is 71.8 Å². The average molecular weight is 338 g/mol. The average Bonchev–Trinajstić information content (AvgIpc) is 3.03. The molecule has 0 amide bonds. The van der Waals surface area contributed by atoms with Crippen LogP contribution in [0.15, 0.2) is 60.7 Å². The largest absolute Gasteiger partial charge is 0.389 e. The predicted molar refractivity (Wildman–Crippen MR) is 103 cm³/mol.